The number of hydrogen-bond acceptors (Lipinski definition) is 4. The summed E-state index contributed by atoms with van der Waals surface area (Å²) in [5.41, 5.74) is 3.49. The molecule has 0 atom stereocenters. The highest BCUT2D eigenvalue weighted by atomic mass is 16.6. The molecule has 0 spiro atoms. The van der Waals surface area contributed by atoms with Gasteiger partial charge in [0.15, 0.2) is 0 Å². The molecule has 5 nitrogen and oxygen atoms in total. The molecular weight excluding hydrogens is 314 g/mol. The van der Waals surface area contributed by atoms with Crippen LogP contribution in [0.1, 0.15) is 16.7 Å². The zero-order valence-corrected chi connectivity index (χ0v) is 13.3. The molecule has 3 aromatic rings. The number of nitro groups is 1. The monoisotopic (exact) mass is 329 g/mol. The van der Waals surface area contributed by atoms with Gasteiger partial charge < -0.3 is 0 Å². The van der Waals surface area contributed by atoms with Crippen LogP contribution in [0.5, 0.6) is 0 Å². The van der Waals surface area contributed by atoms with Crippen molar-refractivity contribution in [2.24, 2.45) is 10.2 Å². The first kappa shape index (κ1) is 16.3. The predicted octanol–water partition coefficient (Wildman–Crippen LogP) is 4.47. The summed E-state index contributed by atoms with van der Waals surface area (Å²) < 4.78 is 0. The molecule has 0 aromatic heterocycles. The SMILES string of the molecule is O=[N+]([O-])c1ccc(C=NN=C(c2ccccc2)c2ccccc2)cc1. The number of nitrogens with zero attached hydrogens (tertiary/aromatic N) is 3. The molecule has 0 amide bonds. The summed E-state index contributed by atoms with van der Waals surface area (Å²) in [6, 6.07) is 25.8. The van der Waals surface area contributed by atoms with Crippen molar-refractivity contribution in [1.29, 1.82) is 0 Å². The highest BCUT2D eigenvalue weighted by Crippen LogP contribution is 2.12. The summed E-state index contributed by atoms with van der Waals surface area (Å²) in [6.45, 7) is 0. The van der Waals surface area contributed by atoms with Gasteiger partial charge in [-0.05, 0) is 17.7 Å². The van der Waals surface area contributed by atoms with Crippen LogP contribution in [-0.4, -0.2) is 16.8 Å². The molecule has 0 aliphatic carbocycles. The Morgan fingerprint density at radius 2 is 1.32 bits per heavy atom. The minimum atomic E-state index is -0.429. The van der Waals surface area contributed by atoms with Gasteiger partial charge in [-0.3, -0.25) is 10.1 Å². The maximum Gasteiger partial charge on any atom is 0.269 e. The van der Waals surface area contributed by atoms with E-state index in [1.54, 1.807) is 18.3 Å². The van der Waals surface area contributed by atoms with E-state index in [0.29, 0.717) is 0 Å². The second-order valence-electron chi connectivity index (χ2n) is 5.27. The molecule has 0 aliphatic heterocycles. The first-order valence-corrected chi connectivity index (χ1v) is 7.70. The Bertz CT molecular complexity index is 861. The van der Waals surface area contributed by atoms with Crippen molar-refractivity contribution < 1.29 is 4.92 Å². The third-order valence-electron chi connectivity index (χ3n) is 3.56. The number of rotatable bonds is 5. The molecule has 0 saturated heterocycles. The fourth-order valence-electron chi connectivity index (χ4n) is 2.31. The molecule has 0 fully saturated rings. The number of hydrogen-bond donors (Lipinski definition) is 0. The van der Waals surface area contributed by atoms with Crippen molar-refractivity contribution in [2.75, 3.05) is 0 Å². The quantitative estimate of drug-likeness (QED) is 0.394. The van der Waals surface area contributed by atoms with E-state index in [2.05, 4.69) is 10.2 Å². The molecule has 5 heteroatoms. The lowest BCUT2D eigenvalue weighted by Crippen LogP contribution is -2.02. The summed E-state index contributed by atoms with van der Waals surface area (Å²) in [5.74, 6) is 0. The van der Waals surface area contributed by atoms with Gasteiger partial charge in [0.05, 0.1) is 11.1 Å². The van der Waals surface area contributed by atoms with E-state index >= 15 is 0 Å². The van der Waals surface area contributed by atoms with Crippen molar-refractivity contribution in [3.05, 3.63) is 112 Å². The van der Waals surface area contributed by atoms with Crippen LogP contribution in [0.4, 0.5) is 5.69 Å². The van der Waals surface area contributed by atoms with Crippen LogP contribution in [-0.2, 0) is 0 Å². The average Bonchev–Trinajstić information content (AvgIpc) is 2.67. The third-order valence-corrected chi connectivity index (χ3v) is 3.56. The van der Waals surface area contributed by atoms with E-state index in [4.69, 9.17) is 0 Å². The standard InChI is InChI=1S/C20H15N3O2/c24-23(25)19-13-11-16(12-14-19)15-21-22-20(17-7-3-1-4-8-17)18-9-5-2-6-10-18/h1-15H. The summed E-state index contributed by atoms with van der Waals surface area (Å²) in [5, 5.41) is 19.2. The second kappa shape index (κ2) is 7.79. The molecule has 0 aliphatic rings. The fourth-order valence-corrected chi connectivity index (χ4v) is 2.31. The van der Waals surface area contributed by atoms with E-state index in [1.165, 1.54) is 12.1 Å². The summed E-state index contributed by atoms with van der Waals surface area (Å²) >= 11 is 0. The van der Waals surface area contributed by atoms with Crippen molar-refractivity contribution in [2.45, 2.75) is 0 Å². The van der Waals surface area contributed by atoms with Crippen LogP contribution >= 0.6 is 0 Å². The van der Waals surface area contributed by atoms with Gasteiger partial charge in [-0.2, -0.15) is 5.10 Å². The Hall–Kier alpha value is -3.60. The van der Waals surface area contributed by atoms with Gasteiger partial charge in [-0.25, -0.2) is 0 Å². The smallest absolute Gasteiger partial charge is 0.258 e. The number of nitro benzene ring substituents is 1. The van der Waals surface area contributed by atoms with Crippen molar-refractivity contribution in [3.8, 4) is 0 Å². The molecule has 3 aromatic carbocycles. The molecular formula is C20H15N3O2. The topological polar surface area (TPSA) is 67.9 Å². The largest absolute Gasteiger partial charge is 0.269 e. The molecule has 25 heavy (non-hydrogen) atoms. The lowest BCUT2D eigenvalue weighted by atomic mass is 10.0. The van der Waals surface area contributed by atoms with Gasteiger partial charge in [0.1, 0.15) is 5.71 Å². The normalized spacial score (nSPS) is 10.6. The Labute approximate surface area is 145 Å². The van der Waals surface area contributed by atoms with Crippen LogP contribution in [0, 0.1) is 10.1 Å². The molecule has 0 N–H and O–H groups in total. The first-order valence-electron chi connectivity index (χ1n) is 7.70. The van der Waals surface area contributed by atoms with Crippen LogP contribution in [0.15, 0.2) is 95.1 Å². The van der Waals surface area contributed by atoms with Gasteiger partial charge >= 0.3 is 0 Å². The zero-order chi connectivity index (χ0) is 17.5. The summed E-state index contributed by atoms with van der Waals surface area (Å²) in [4.78, 5) is 10.3. The van der Waals surface area contributed by atoms with E-state index in [-0.39, 0.29) is 5.69 Å². The lowest BCUT2D eigenvalue weighted by Gasteiger charge is -2.05. The second-order valence-corrected chi connectivity index (χ2v) is 5.27. The summed E-state index contributed by atoms with van der Waals surface area (Å²) in [6.07, 6.45) is 1.58. The lowest BCUT2D eigenvalue weighted by molar-refractivity contribution is -0.384. The van der Waals surface area contributed by atoms with E-state index < -0.39 is 4.92 Å². The zero-order valence-electron chi connectivity index (χ0n) is 13.3. The maximum absolute atomic E-state index is 10.7. The summed E-state index contributed by atoms with van der Waals surface area (Å²) in [7, 11) is 0. The van der Waals surface area contributed by atoms with E-state index in [0.717, 1.165) is 22.4 Å². The number of non-ortho nitro benzene ring substituents is 1. The van der Waals surface area contributed by atoms with Crippen molar-refractivity contribution >= 4 is 17.6 Å². The van der Waals surface area contributed by atoms with Gasteiger partial charge in [-0.15, -0.1) is 5.10 Å². The molecule has 3 rings (SSSR count). The van der Waals surface area contributed by atoms with Crippen LogP contribution in [0.2, 0.25) is 0 Å². The van der Waals surface area contributed by atoms with Crippen LogP contribution < -0.4 is 0 Å². The van der Waals surface area contributed by atoms with E-state index in [1.807, 2.05) is 60.7 Å². The maximum atomic E-state index is 10.7. The minimum Gasteiger partial charge on any atom is -0.258 e. The predicted molar refractivity (Wildman–Crippen MR) is 99.2 cm³/mol. The average molecular weight is 329 g/mol. The molecule has 122 valence electrons. The van der Waals surface area contributed by atoms with Gasteiger partial charge in [0.25, 0.3) is 5.69 Å². The van der Waals surface area contributed by atoms with Gasteiger partial charge in [-0.1, -0.05) is 60.7 Å². The fraction of sp³-hybridized carbons (Fsp3) is 0. The Kier molecular flexibility index (Phi) is 5.07. The molecule has 0 unspecified atom stereocenters. The minimum absolute atomic E-state index is 0.0508. The molecule has 0 radical (unpaired) electrons. The first-order chi connectivity index (χ1) is 12.2. The Morgan fingerprint density at radius 3 is 1.80 bits per heavy atom. The van der Waals surface area contributed by atoms with Crippen molar-refractivity contribution in [3.63, 3.8) is 0 Å². The van der Waals surface area contributed by atoms with Crippen LogP contribution in [0.25, 0.3) is 0 Å². The highest BCUT2D eigenvalue weighted by molar-refractivity contribution is 6.12. The Morgan fingerprint density at radius 1 is 0.800 bits per heavy atom. The number of benzene rings is 3. The molecule has 0 heterocycles. The van der Waals surface area contributed by atoms with Gasteiger partial charge in [0, 0.05) is 23.3 Å². The van der Waals surface area contributed by atoms with E-state index in [9.17, 15) is 10.1 Å². The van der Waals surface area contributed by atoms with Gasteiger partial charge in [0.2, 0.25) is 0 Å². The molecule has 0 saturated carbocycles. The highest BCUT2D eigenvalue weighted by Gasteiger charge is 2.06. The Balaban J connectivity index is 1.90. The van der Waals surface area contributed by atoms with Crippen LogP contribution in [0.3, 0.4) is 0 Å². The molecule has 0 bridgehead atoms. The van der Waals surface area contributed by atoms with Crippen molar-refractivity contribution in [1.82, 2.24) is 0 Å². The third kappa shape index (κ3) is 4.23.